The summed E-state index contributed by atoms with van der Waals surface area (Å²) in [6, 6.07) is 7.63. The Balaban J connectivity index is 1.50. The molecule has 1 aromatic carbocycles. The largest absolute Gasteiger partial charge is 0.394 e. The third-order valence-electron chi connectivity index (χ3n) is 7.08. The summed E-state index contributed by atoms with van der Waals surface area (Å²) < 4.78 is 13.9. The van der Waals surface area contributed by atoms with Gasteiger partial charge in [-0.1, -0.05) is 26.0 Å². The third-order valence-corrected chi connectivity index (χ3v) is 7.08. The van der Waals surface area contributed by atoms with E-state index >= 15 is 0 Å². The lowest BCUT2D eigenvalue weighted by Gasteiger charge is -2.31. The quantitative estimate of drug-likeness (QED) is 0.229. The molecule has 2 aromatic heterocycles. The molecule has 11 heteroatoms. The topological polar surface area (TPSA) is 144 Å². The summed E-state index contributed by atoms with van der Waals surface area (Å²) in [5, 5.41) is 32.2. The van der Waals surface area contributed by atoms with Gasteiger partial charge in [0.05, 0.1) is 24.6 Å². The van der Waals surface area contributed by atoms with Crippen LogP contribution in [-0.2, 0) is 0 Å². The average Bonchev–Trinajstić information content (AvgIpc) is 2.92. The maximum absolute atomic E-state index is 13.9. The van der Waals surface area contributed by atoms with E-state index in [4.69, 9.17) is 4.98 Å². The molecule has 1 aliphatic carbocycles. The highest BCUT2D eigenvalue weighted by atomic mass is 19.1. The Morgan fingerprint density at radius 3 is 2.44 bits per heavy atom. The number of aromatic nitrogens is 3. The number of benzene rings is 1. The molecule has 1 aliphatic rings. The van der Waals surface area contributed by atoms with E-state index in [2.05, 4.69) is 31.2 Å². The molecule has 0 bridgehead atoms. The highest BCUT2D eigenvalue weighted by molar-refractivity contribution is 5.91. The number of amides is 2. The van der Waals surface area contributed by atoms with Crippen LogP contribution in [-0.4, -0.2) is 68.6 Å². The number of carbonyl (C=O) groups excluding carboxylic acids is 1. The van der Waals surface area contributed by atoms with Crippen LogP contribution in [0.2, 0.25) is 0 Å². The average molecular weight is 540 g/mol. The molecular formula is C28H38FN7O3. The highest BCUT2D eigenvalue weighted by Gasteiger charge is 2.25. The number of nitrogens with one attached hydrogen (secondary N) is 4. The number of hydrogen-bond donors (Lipinski definition) is 6. The standard InChI is InChI=1S/C28H38FN7O3/c1-16(2)24(15-38)34-28(39)33-22-9-7-21(8-10-22)32-26-23-12-19(18-5-4-6-20(29)11-18)13-30-25(23)35-27(36-26)31-17(3)14-37/h4-6,11-13,16-17,21-22,24,37-38H,7-10,14-15H2,1-3H3,(H2,33,34,39)(H2,30,31,32,35,36)/t17-,21?,22?,24+/m1/s1. The number of nitrogens with zero attached hydrogens (tertiary/aromatic N) is 3. The van der Waals surface area contributed by atoms with E-state index in [0.717, 1.165) is 31.2 Å². The summed E-state index contributed by atoms with van der Waals surface area (Å²) in [5.41, 5.74) is 1.94. The van der Waals surface area contributed by atoms with Gasteiger partial charge in [-0.2, -0.15) is 9.97 Å². The van der Waals surface area contributed by atoms with Crippen LogP contribution in [0.4, 0.5) is 21.0 Å². The summed E-state index contributed by atoms with van der Waals surface area (Å²) in [6.45, 7) is 5.57. The van der Waals surface area contributed by atoms with E-state index in [0.29, 0.717) is 28.4 Å². The van der Waals surface area contributed by atoms with Gasteiger partial charge in [-0.15, -0.1) is 0 Å². The van der Waals surface area contributed by atoms with Gasteiger partial charge in [0.2, 0.25) is 5.95 Å². The Kier molecular flexibility index (Phi) is 9.47. The number of carbonyl (C=O) groups is 1. The summed E-state index contributed by atoms with van der Waals surface area (Å²) in [7, 11) is 0. The lowest BCUT2D eigenvalue weighted by molar-refractivity contribution is 0.194. The number of halogens is 1. The van der Waals surface area contributed by atoms with Gasteiger partial charge in [-0.3, -0.25) is 0 Å². The van der Waals surface area contributed by atoms with Gasteiger partial charge >= 0.3 is 6.03 Å². The maximum Gasteiger partial charge on any atom is 0.315 e. The van der Waals surface area contributed by atoms with Crippen LogP contribution in [0.1, 0.15) is 46.5 Å². The van der Waals surface area contributed by atoms with Crippen LogP contribution in [0, 0.1) is 11.7 Å². The molecule has 2 amide bonds. The summed E-state index contributed by atoms with van der Waals surface area (Å²) in [4.78, 5) is 26.2. The van der Waals surface area contributed by atoms with Crippen molar-refractivity contribution in [1.82, 2.24) is 25.6 Å². The summed E-state index contributed by atoms with van der Waals surface area (Å²) >= 11 is 0. The SMILES string of the molecule is CC(C)[C@H](CO)NC(=O)NC1CCC(Nc2nc(N[C@H](C)CO)nc3ncc(-c4cccc(F)c4)cc23)CC1. The first-order valence-corrected chi connectivity index (χ1v) is 13.5. The fourth-order valence-corrected chi connectivity index (χ4v) is 4.67. The minimum atomic E-state index is -0.324. The minimum Gasteiger partial charge on any atom is -0.394 e. The molecule has 1 fully saturated rings. The summed E-state index contributed by atoms with van der Waals surface area (Å²) in [6.07, 6.45) is 4.88. The van der Waals surface area contributed by atoms with Crippen molar-refractivity contribution in [2.75, 3.05) is 23.8 Å². The molecule has 6 N–H and O–H groups in total. The number of pyridine rings is 1. The second kappa shape index (κ2) is 13.0. The molecule has 39 heavy (non-hydrogen) atoms. The van der Waals surface area contributed by atoms with Crippen molar-refractivity contribution in [2.24, 2.45) is 5.92 Å². The lowest BCUT2D eigenvalue weighted by Crippen LogP contribution is -2.50. The number of rotatable bonds is 10. The van der Waals surface area contributed by atoms with Crippen LogP contribution in [0.15, 0.2) is 36.5 Å². The fourth-order valence-electron chi connectivity index (χ4n) is 4.67. The molecule has 0 saturated heterocycles. The van der Waals surface area contributed by atoms with Crippen molar-refractivity contribution < 1.29 is 19.4 Å². The highest BCUT2D eigenvalue weighted by Crippen LogP contribution is 2.30. The van der Waals surface area contributed by atoms with Gasteiger partial charge < -0.3 is 31.5 Å². The molecule has 0 spiro atoms. The van der Waals surface area contributed by atoms with Crippen molar-refractivity contribution in [2.45, 2.75) is 70.6 Å². The Hall–Kier alpha value is -3.57. The fraction of sp³-hybridized carbons (Fsp3) is 0.500. The number of urea groups is 1. The smallest absolute Gasteiger partial charge is 0.315 e. The molecule has 2 heterocycles. The van der Waals surface area contributed by atoms with E-state index in [1.165, 1.54) is 12.1 Å². The Bertz CT molecular complexity index is 1270. The van der Waals surface area contributed by atoms with Crippen molar-refractivity contribution in [3.63, 3.8) is 0 Å². The van der Waals surface area contributed by atoms with E-state index < -0.39 is 0 Å². The second-order valence-electron chi connectivity index (χ2n) is 10.6. The van der Waals surface area contributed by atoms with E-state index in [-0.39, 0.29) is 55.1 Å². The molecule has 1 saturated carbocycles. The van der Waals surface area contributed by atoms with Crippen LogP contribution < -0.4 is 21.3 Å². The lowest BCUT2D eigenvalue weighted by atomic mass is 9.91. The van der Waals surface area contributed by atoms with Crippen LogP contribution in [0.5, 0.6) is 0 Å². The number of fused-ring (bicyclic) bond motifs is 1. The molecule has 210 valence electrons. The minimum absolute atomic E-state index is 0.0422. The van der Waals surface area contributed by atoms with Gasteiger partial charge in [0.1, 0.15) is 11.6 Å². The van der Waals surface area contributed by atoms with Gasteiger partial charge in [0, 0.05) is 29.9 Å². The Labute approximate surface area is 227 Å². The third kappa shape index (κ3) is 7.51. The van der Waals surface area contributed by atoms with Crippen LogP contribution in [0.25, 0.3) is 22.2 Å². The zero-order valence-electron chi connectivity index (χ0n) is 22.6. The normalized spacial score (nSPS) is 18.9. The molecule has 4 rings (SSSR count). The molecule has 3 aromatic rings. The zero-order chi connectivity index (χ0) is 27.9. The van der Waals surface area contributed by atoms with Gasteiger partial charge in [0.25, 0.3) is 0 Å². The summed E-state index contributed by atoms with van der Waals surface area (Å²) in [5.74, 6) is 0.775. The molecule has 0 unspecified atom stereocenters. The van der Waals surface area contributed by atoms with E-state index in [1.807, 2.05) is 32.9 Å². The van der Waals surface area contributed by atoms with Crippen molar-refractivity contribution >= 4 is 28.8 Å². The number of anilines is 2. The van der Waals surface area contributed by atoms with Crippen molar-refractivity contribution in [3.05, 3.63) is 42.3 Å². The molecule has 10 nitrogen and oxygen atoms in total. The Morgan fingerprint density at radius 2 is 1.77 bits per heavy atom. The number of aliphatic hydroxyl groups is 2. The number of hydrogen-bond acceptors (Lipinski definition) is 8. The first-order chi connectivity index (χ1) is 18.7. The number of aliphatic hydroxyl groups excluding tert-OH is 2. The van der Waals surface area contributed by atoms with Crippen molar-refractivity contribution in [1.29, 1.82) is 0 Å². The predicted octanol–water partition coefficient (Wildman–Crippen LogP) is 3.66. The van der Waals surface area contributed by atoms with Crippen molar-refractivity contribution in [3.8, 4) is 11.1 Å². The van der Waals surface area contributed by atoms with Crippen LogP contribution >= 0.6 is 0 Å². The zero-order valence-corrected chi connectivity index (χ0v) is 22.6. The maximum atomic E-state index is 13.9. The van der Waals surface area contributed by atoms with E-state index in [1.54, 1.807) is 12.3 Å². The van der Waals surface area contributed by atoms with Gasteiger partial charge in [-0.25, -0.2) is 14.2 Å². The predicted molar refractivity (Wildman–Crippen MR) is 150 cm³/mol. The molecular weight excluding hydrogens is 501 g/mol. The van der Waals surface area contributed by atoms with E-state index in [9.17, 15) is 19.4 Å². The molecule has 0 radical (unpaired) electrons. The second-order valence-corrected chi connectivity index (χ2v) is 10.6. The molecule has 2 atom stereocenters. The molecule has 0 aliphatic heterocycles. The van der Waals surface area contributed by atoms with Gasteiger partial charge in [-0.05, 0) is 62.3 Å². The first-order valence-electron chi connectivity index (χ1n) is 13.5. The first kappa shape index (κ1) is 28.4. The monoisotopic (exact) mass is 539 g/mol. The van der Waals surface area contributed by atoms with Gasteiger partial charge in [0.15, 0.2) is 5.65 Å². The Morgan fingerprint density at radius 1 is 1.03 bits per heavy atom. The van der Waals surface area contributed by atoms with Crippen LogP contribution in [0.3, 0.4) is 0 Å².